The predicted molar refractivity (Wildman–Crippen MR) is 76.9 cm³/mol. The van der Waals surface area contributed by atoms with E-state index in [1.165, 1.54) is 4.57 Å². The maximum Gasteiger partial charge on any atom is 0.274 e. The van der Waals surface area contributed by atoms with Crippen LogP contribution < -0.4 is 5.56 Å². The molecule has 2 aromatic rings. The van der Waals surface area contributed by atoms with E-state index < -0.39 is 0 Å². The minimum atomic E-state index is -0.111. The van der Waals surface area contributed by atoms with E-state index >= 15 is 0 Å². The van der Waals surface area contributed by atoms with Crippen LogP contribution in [0.5, 0.6) is 0 Å². The van der Waals surface area contributed by atoms with Gasteiger partial charge in [-0.2, -0.15) is 0 Å². The number of fused-ring (bicyclic) bond motifs is 1. The Labute approximate surface area is 116 Å². The van der Waals surface area contributed by atoms with Crippen LogP contribution in [0.25, 0.3) is 10.9 Å². The van der Waals surface area contributed by atoms with E-state index in [4.69, 9.17) is 0 Å². The Balaban J connectivity index is 2.02. The zero-order chi connectivity index (χ0) is 14.3. The number of nitrogens with zero attached hydrogens (tertiary/aromatic N) is 3. The number of hydrogen-bond donors (Lipinski definition) is 1. The van der Waals surface area contributed by atoms with Crippen molar-refractivity contribution in [2.24, 2.45) is 7.05 Å². The van der Waals surface area contributed by atoms with Crippen LogP contribution in [-0.4, -0.2) is 58.5 Å². The van der Waals surface area contributed by atoms with E-state index in [1.54, 1.807) is 25.5 Å². The third-order valence-corrected chi connectivity index (χ3v) is 3.92. The van der Waals surface area contributed by atoms with Crippen LogP contribution in [0.4, 0.5) is 0 Å². The summed E-state index contributed by atoms with van der Waals surface area (Å²) in [4.78, 5) is 31.6. The molecule has 106 valence electrons. The molecule has 0 radical (unpaired) electrons. The average molecular weight is 274 g/mol. The summed E-state index contributed by atoms with van der Waals surface area (Å²) in [5, 5.41) is 0.706. The molecule has 1 saturated heterocycles. The highest BCUT2D eigenvalue weighted by atomic mass is 16.2. The summed E-state index contributed by atoms with van der Waals surface area (Å²) in [5.74, 6) is -0.00157. The first-order chi connectivity index (χ1) is 9.58. The van der Waals surface area contributed by atoms with Crippen molar-refractivity contribution in [3.63, 3.8) is 0 Å². The van der Waals surface area contributed by atoms with Gasteiger partial charge in [0.15, 0.2) is 0 Å². The standard InChI is InChI=1S/C14H18N4O2/c1-16-5-7-18(8-6-16)13(19)11-9-17(2)14(20)12-10(11)3-4-15-12/h3-4,9,15H,5-8H2,1-2H3. The van der Waals surface area contributed by atoms with Gasteiger partial charge in [0.2, 0.25) is 0 Å². The molecule has 3 heterocycles. The molecule has 0 atom stereocenters. The Bertz CT molecular complexity index is 708. The number of rotatable bonds is 1. The highest BCUT2D eigenvalue weighted by molar-refractivity contribution is 6.05. The minimum absolute atomic E-state index is 0.00157. The molecule has 6 heteroatoms. The van der Waals surface area contributed by atoms with Gasteiger partial charge in [-0.15, -0.1) is 0 Å². The molecule has 1 fully saturated rings. The largest absolute Gasteiger partial charge is 0.357 e. The number of H-pyrrole nitrogens is 1. The monoisotopic (exact) mass is 274 g/mol. The first-order valence-electron chi connectivity index (χ1n) is 6.72. The number of aromatic amines is 1. The fourth-order valence-electron chi connectivity index (χ4n) is 2.62. The van der Waals surface area contributed by atoms with Crippen molar-refractivity contribution < 1.29 is 4.79 Å². The van der Waals surface area contributed by atoms with Crippen molar-refractivity contribution in [3.8, 4) is 0 Å². The number of aryl methyl sites for hydroxylation is 1. The molecule has 3 rings (SSSR count). The maximum absolute atomic E-state index is 12.7. The molecule has 1 N–H and O–H groups in total. The van der Waals surface area contributed by atoms with Gasteiger partial charge in [0, 0.05) is 51.0 Å². The second kappa shape index (κ2) is 4.79. The third-order valence-electron chi connectivity index (χ3n) is 3.92. The van der Waals surface area contributed by atoms with Gasteiger partial charge < -0.3 is 19.4 Å². The summed E-state index contributed by atoms with van der Waals surface area (Å²) in [6.07, 6.45) is 3.34. The number of carbonyl (C=O) groups excluding carboxylic acids is 1. The van der Waals surface area contributed by atoms with E-state index in [0.29, 0.717) is 16.5 Å². The Kier molecular flexibility index (Phi) is 3.10. The fourth-order valence-corrected chi connectivity index (χ4v) is 2.62. The lowest BCUT2D eigenvalue weighted by molar-refractivity contribution is 0.0665. The summed E-state index contributed by atoms with van der Waals surface area (Å²) < 4.78 is 1.46. The van der Waals surface area contributed by atoms with Gasteiger partial charge in [-0.3, -0.25) is 9.59 Å². The van der Waals surface area contributed by atoms with Crippen LogP contribution in [0.3, 0.4) is 0 Å². The lowest BCUT2D eigenvalue weighted by atomic mass is 10.1. The second-order valence-corrected chi connectivity index (χ2v) is 5.32. The van der Waals surface area contributed by atoms with Crippen molar-refractivity contribution >= 4 is 16.8 Å². The SMILES string of the molecule is CN1CCN(C(=O)c2cn(C)c(=O)c3[nH]ccc23)CC1. The van der Waals surface area contributed by atoms with Crippen molar-refractivity contribution in [3.05, 3.63) is 34.4 Å². The molecular weight excluding hydrogens is 256 g/mol. The molecule has 0 unspecified atom stereocenters. The summed E-state index contributed by atoms with van der Waals surface area (Å²) in [6.45, 7) is 3.22. The van der Waals surface area contributed by atoms with Crippen LogP contribution >= 0.6 is 0 Å². The van der Waals surface area contributed by atoms with E-state index in [-0.39, 0.29) is 11.5 Å². The molecule has 0 spiro atoms. The first kappa shape index (κ1) is 12.9. The molecule has 1 amide bonds. The number of carbonyl (C=O) groups is 1. The minimum Gasteiger partial charge on any atom is -0.357 e. The number of likely N-dealkylation sites (N-methyl/N-ethyl adjacent to an activating group) is 1. The fraction of sp³-hybridized carbons (Fsp3) is 0.429. The molecular formula is C14H18N4O2. The Morgan fingerprint density at radius 1 is 1.20 bits per heavy atom. The van der Waals surface area contributed by atoms with Gasteiger partial charge in [0.25, 0.3) is 11.5 Å². The van der Waals surface area contributed by atoms with Gasteiger partial charge in [0.05, 0.1) is 5.56 Å². The zero-order valence-electron chi connectivity index (χ0n) is 11.7. The lowest BCUT2D eigenvalue weighted by Gasteiger charge is -2.32. The Hall–Kier alpha value is -2.08. The summed E-state index contributed by atoms with van der Waals surface area (Å²) in [6, 6.07) is 1.79. The summed E-state index contributed by atoms with van der Waals surface area (Å²) in [7, 11) is 3.72. The van der Waals surface area contributed by atoms with Crippen molar-refractivity contribution in [1.82, 2.24) is 19.4 Å². The quantitative estimate of drug-likeness (QED) is 0.811. The van der Waals surface area contributed by atoms with Crippen molar-refractivity contribution in [2.75, 3.05) is 33.2 Å². The van der Waals surface area contributed by atoms with Gasteiger partial charge in [0.1, 0.15) is 5.52 Å². The van der Waals surface area contributed by atoms with E-state index in [2.05, 4.69) is 16.9 Å². The number of hydrogen-bond acceptors (Lipinski definition) is 3. The highest BCUT2D eigenvalue weighted by Crippen LogP contribution is 2.17. The van der Waals surface area contributed by atoms with Gasteiger partial charge in [-0.25, -0.2) is 0 Å². The van der Waals surface area contributed by atoms with Gasteiger partial charge in [-0.05, 0) is 13.1 Å². The zero-order valence-corrected chi connectivity index (χ0v) is 11.7. The van der Waals surface area contributed by atoms with Crippen LogP contribution in [0.15, 0.2) is 23.3 Å². The number of pyridine rings is 1. The molecule has 6 nitrogen and oxygen atoms in total. The average Bonchev–Trinajstić information content (AvgIpc) is 2.92. The van der Waals surface area contributed by atoms with Crippen molar-refractivity contribution in [1.29, 1.82) is 0 Å². The van der Waals surface area contributed by atoms with Crippen LogP contribution in [0.2, 0.25) is 0 Å². The van der Waals surface area contributed by atoms with Crippen molar-refractivity contribution in [2.45, 2.75) is 0 Å². The molecule has 1 aliphatic heterocycles. The molecule has 2 aromatic heterocycles. The molecule has 1 aliphatic rings. The second-order valence-electron chi connectivity index (χ2n) is 5.32. The summed E-state index contributed by atoms with van der Waals surface area (Å²) >= 11 is 0. The van der Waals surface area contributed by atoms with E-state index in [0.717, 1.165) is 26.2 Å². The molecule has 0 aromatic carbocycles. The molecule has 0 saturated carbocycles. The van der Waals surface area contributed by atoms with E-state index in [9.17, 15) is 9.59 Å². The van der Waals surface area contributed by atoms with E-state index in [1.807, 2.05) is 4.90 Å². The first-order valence-corrected chi connectivity index (χ1v) is 6.72. The highest BCUT2D eigenvalue weighted by Gasteiger charge is 2.23. The number of piperazine rings is 1. The Morgan fingerprint density at radius 3 is 2.60 bits per heavy atom. The Morgan fingerprint density at radius 2 is 1.90 bits per heavy atom. The molecule has 0 aliphatic carbocycles. The lowest BCUT2D eigenvalue weighted by Crippen LogP contribution is -2.47. The maximum atomic E-state index is 12.7. The molecule has 20 heavy (non-hydrogen) atoms. The third kappa shape index (κ3) is 2.02. The summed E-state index contributed by atoms with van der Waals surface area (Å²) in [5.41, 5.74) is 0.973. The van der Waals surface area contributed by atoms with Crippen LogP contribution in [-0.2, 0) is 7.05 Å². The van der Waals surface area contributed by atoms with Gasteiger partial charge in [-0.1, -0.05) is 0 Å². The topological polar surface area (TPSA) is 61.3 Å². The van der Waals surface area contributed by atoms with Crippen LogP contribution in [0.1, 0.15) is 10.4 Å². The smallest absolute Gasteiger partial charge is 0.274 e. The number of aromatic nitrogens is 2. The normalized spacial score (nSPS) is 16.8. The van der Waals surface area contributed by atoms with Crippen LogP contribution in [0, 0.1) is 0 Å². The number of amides is 1. The van der Waals surface area contributed by atoms with Gasteiger partial charge >= 0.3 is 0 Å². The molecule has 0 bridgehead atoms. The predicted octanol–water partition coefficient (Wildman–Crippen LogP) is 0.254. The number of nitrogens with one attached hydrogen (secondary N) is 1.